The maximum Gasteiger partial charge on any atom is 0.270 e. The summed E-state index contributed by atoms with van der Waals surface area (Å²) >= 11 is 0. The van der Waals surface area contributed by atoms with Gasteiger partial charge in [0.1, 0.15) is 5.69 Å². The number of rotatable bonds is 2. The lowest BCUT2D eigenvalue weighted by Gasteiger charge is -2.22. The largest absolute Gasteiger partial charge is 0.357 e. The van der Waals surface area contributed by atoms with E-state index in [2.05, 4.69) is 4.98 Å². The minimum Gasteiger partial charge on any atom is -0.357 e. The summed E-state index contributed by atoms with van der Waals surface area (Å²) in [6, 6.07) is 12.9. The highest BCUT2D eigenvalue weighted by molar-refractivity contribution is 5.94. The number of benzene rings is 1. The summed E-state index contributed by atoms with van der Waals surface area (Å²) in [5, 5.41) is 0. The van der Waals surface area contributed by atoms with E-state index in [0.717, 1.165) is 6.42 Å². The molecule has 2 heterocycles. The molecule has 1 N–H and O–H groups in total. The predicted octanol–water partition coefficient (Wildman–Crippen LogP) is 2.00. The highest BCUT2D eigenvalue weighted by Crippen LogP contribution is 2.11. The molecule has 114 valence electrons. The smallest absolute Gasteiger partial charge is 0.270 e. The molecule has 5 nitrogen and oxygen atoms in total. The molecule has 0 saturated carbocycles. The minimum atomic E-state index is -0.000917. The third-order valence-electron chi connectivity index (χ3n) is 3.92. The molecule has 2 amide bonds. The van der Waals surface area contributed by atoms with Crippen molar-refractivity contribution in [2.24, 2.45) is 0 Å². The Morgan fingerprint density at radius 2 is 1.50 bits per heavy atom. The minimum absolute atomic E-state index is 0.000917. The Balaban J connectivity index is 1.65. The van der Waals surface area contributed by atoms with E-state index >= 15 is 0 Å². The summed E-state index contributed by atoms with van der Waals surface area (Å²) in [6.45, 7) is 2.50. The SMILES string of the molecule is O=C(c1ccccc1)N1CCCN(C(=O)c2ccc[nH]2)CC1. The molecule has 1 fully saturated rings. The Hall–Kier alpha value is -2.56. The van der Waals surface area contributed by atoms with Crippen LogP contribution in [0.1, 0.15) is 27.3 Å². The zero-order valence-corrected chi connectivity index (χ0v) is 12.4. The van der Waals surface area contributed by atoms with Crippen LogP contribution in [-0.4, -0.2) is 52.8 Å². The fraction of sp³-hybridized carbons (Fsp3) is 0.294. The third kappa shape index (κ3) is 3.03. The first-order valence-electron chi connectivity index (χ1n) is 7.53. The number of nitrogens with zero attached hydrogens (tertiary/aromatic N) is 2. The number of hydrogen-bond donors (Lipinski definition) is 1. The van der Waals surface area contributed by atoms with E-state index in [1.165, 1.54) is 0 Å². The van der Waals surface area contributed by atoms with Crippen molar-refractivity contribution in [1.29, 1.82) is 0 Å². The van der Waals surface area contributed by atoms with Crippen molar-refractivity contribution in [3.8, 4) is 0 Å². The second-order valence-electron chi connectivity index (χ2n) is 5.39. The van der Waals surface area contributed by atoms with Gasteiger partial charge in [-0.25, -0.2) is 0 Å². The molecule has 0 unspecified atom stereocenters. The van der Waals surface area contributed by atoms with Crippen molar-refractivity contribution in [3.63, 3.8) is 0 Å². The Kier molecular flexibility index (Phi) is 4.23. The Morgan fingerprint density at radius 1 is 0.818 bits per heavy atom. The van der Waals surface area contributed by atoms with Gasteiger partial charge in [-0.15, -0.1) is 0 Å². The average molecular weight is 297 g/mol. The topological polar surface area (TPSA) is 56.4 Å². The van der Waals surface area contributed by atoms with Crippen LogP contribution in [0.5, 0.6) is 0 Å². The molecular formula is C17H19N3O2. The van der Waals surface area contributed by atoms with Crippen LogP contribution >= 0.6 is 0 Å². The summed E-state index contributed by atoms with van der Waals surface area (Å²) in [7, 11) is 0. The van der Waals surface area contributed by atoms with Crippen LogP contribution in [0.3, 0.4) is 0 Å². The molecule has 1 aromatic carbocycles. The van der Waals surface area contributed by atoms with E-state index in [-0.39, 0.29) is 11.8 Å². The number of carbonyl (C=O) groups is 2. The van der Waals surface area contributed by atoms with Crippen LogP contribution in [0.4, 0.5) is 0 Å². The number of carbonyl (C=O) groups excluding carboxylic acids is 2. The normalized spacial score (nSPS) is 15.5. The molecule has 5 heteroatoms. The van der Waals surface area contributed by atoms with Gasteiger partial charge in [0.05, 0.1) is 0 Å². The standard InChI is InChI=1S/C17H19N3O2/c21-16(14-6-2-1-3-7-14)19-10-5-11-20(13-12-19)17(22)15-8-4-9-18-15/h1-4,6-9,18H,5,10-13H2. The maximum absolute atomic E-state index is 12.5. The summed E-state index contributed by atoms with van der Waals surface area (Å²) in [5.74, 6) is 0.0359. The Bertz CT molecular complexity index is 637. The summed E-state index contributed by atoms with van der Waals surface area (Å²) in [5.41, 5.74) is 1.30. The number of hydrogen-bond acceptors (Lipinski definition) is 2. The van der Waals surface area contributed by atoms with E-state index in [4.69, 9.17) is 0 Å². The zero-order chi connectivity index (χ0) is 15.4. The van der Waals surface area contributed by atoms with Crippen LogP contribution in [0, 0.1) is 0 Å². The van der Waals surface area contributed by atoms with Gasteiger partial charge in [0.25, 0.3) is 11.8 Å². The summed E-state index contributed by atoms with van der Waals surface area (Å²) < 4.78 is 0. The van der Waals surface area contributed by atoms with E-state index in [9.17, 15) is 9.59 Å². The zero-order valence-electron chi connectivity index (χ0n) is 12.4. The van der Waals surface area contributed by atoms with Gasteiger partial charge in [0.2, 0.25) is 0 Å². The van der Waals surface area contributed by atoms with Gasteiger partial charge in [-0.2, -0.15) is 0 Å². The highest BCUT2D eigenvalue weighted by Gasteiger charge is 2.23. The Morgan fingerprint density at radius 3 is 2.14 bits per heavy atom. The molecule has 22 heavy (non-hydrogen) atoms. The van der Waals surface area contributed by atoms with Crippen molar-refractivity contribution < 1.29 is 9.59 Å². The summed E-state index contributed by atoms with van der Waals surface area (Å²) in [6.07, 6.45) is 2.54. The van der Waals surface area contributed by atoms with Crippen LogP contribution in [-0.2, 0) is 0 Å². The molecule has 1 saturated heterocycles. The van der Waals surface area contributed by atoms with Crippen LogP contribution in [0.25, 0.3) is 0 Å². The lowest BCUT2D eigenvalue weighted by atomic mass is 10.2. The molecule has 0 aliphatic carbocycles. The number of aromatic amines is 1. The average Bonchev–Trinajstić information content (AvgIpc) is 2.99. The fourth-order valence-electron chi connectivity index (χ4n) is 2.72. The molecule has 3 rings (SSSR count). The van der Waals surface area contributed by atoms with Gasteiger partial charge in [0, 0.05) is 37.9 Å². The first-order valence-corrected chi connectivity index (χ1v) is 7.53. The van der Waals surface area contributed by atoms with E-state index in [0.29, 0.717) is 37.4 Å². The maximum atomic E-state index is 12.5. The van der Waals surface area contributed by atoms with Crippen molar-refractivity contribution in [1.82, 2.24) is 14.8 Å². The highest BCUT2D eigenvalue weighted by atomic mass is 16.2. The van der Waals surface area contributed by atoms with Crippen molar-refractivity contribution in [3.05, 3.63) is 59.9 Å². The molecule has 2 aromatic rings. The van der Waals surface area contributed by atoms with E-state index < -0.39 is 0 Å². The monoisotopic (exact) mass is 297 g/mol. The summed E-state index contributed by atoms with van der Waals surface area (Å²) in [4.78, 5) is 31.4. The number of H-pyrrole nitrogens is 1. The lowest BCUT2D eigenvalue weighted by molar-refractivity contribution is 0.0716. The Labute approximate surface area is 129 Å². The predicted molar refractivity (Wildman–Crippen MR) is 83.7 cm³/mol. The first-order chi connectivity index (χ1) is 10.8. The fourth-order valence-corrected chi connectivity index (χ4v) is 2.72. The van der Waals surface area contributed by atoms with Gasteiger partial charge in [0.15, 0.2) is 0 Å². The van der Waals surface area contributed by atoms with Gasteiger partial charge in [-0.3, -0.25) is 9.59 Å². The third-order valence-corrected chi connectivity index (χ3v) is 3.92. The molecule has 1 aliphatic heterocycles. The molecule has 0 atom stereocenters. The second kappa shape index (κ2) is 6.47. The quantitative estimate of drug-likeness (QED) is 0.922. The van der Waals surface area contributed by atoms with Crippen LogP contribution in [0.15, 0.2) is 48.7 Å². The van der Waals surface area contributed by atoms with Crippen LogP contribution < -0.4 is 0 Å². The lowest BCUT2D eigenvalue weighted by Crippen LogP contribution is -2.37. The number of nitrogens with one attached hydrogen (secondary N) is 1. The molecule has 0 radical (unpaired) electrons. The molecule has 0 spiro atoms. The van der Waals surface area contributed by atoms with Crippen molar-refractivity contribution in [2.45, 2.75) is 6.42 Å². The second-order valence-corrected chi connectivity index (χ2v) is 5.39. The van der Waals surface area contributed by atoms with Crippen LogP contribution in [0.2, 0.25) is 0 Å². The molecule has 1 aliphatic rings. The molecular weight excluding hydrogens is 278 g/mol. The van der Waals surface area contributed by atoms with Gasteiger partial charge >= 0.3 is 0 Å². The van der Waals surface area contributed by atoms with E-state index in [1.807, 2.05) is 46.2 Å². The van der Waals surface area contributed by atoms with E-state index in [1.54, 1.807) is 12.3 Å². The molecule has 1 aromatic heterocycles. The van der Waals surface area contributed by atoms with Gasteiger partial charge < -0.3 is 14.8 Å². The van der Waals surface area contributed by atoms with Gasteiger partial charge in [-0.05, 0) is 30.7 Å². The molecule has 0 bridgehead atoms. The first kappa shape index (κ1) is 14.4. The number of aromatic nitrogens is 1. The van der Waals surface area contributed by atoms with Gasteiger partial charge in [-0.1, -0.05) is 18.2 Å². The number of amides is 2. The van der Waals surface area contributed by atoms with Crippen molar-refractivity contribution >= 4 is 11.8 Å². The van der Waals surface area contributed by atoms with Crippen molar-refractivity contribution in [2.75, 3.05) is 26.2 Å².